The van der Waals surface area contributed by atoms with Crippen molar-refractivity contribution in [1.82, 2.24) is 4.98 Å². The van der Waals surface area contributed by atoms with Gasteiger partial charge in [0.2, 0.25) is 0 Å². The van der Waals surface area contributed by atoms with Crippen LogP contribution >= 0.6 is 0 Å². The van der Waals surface area contributed by atoms with Gasteiger partial charge in [-0.25, -0.2) is 0 Å². The Kier molecular flexibility index (Phi) is 2.80. The second-order valence-electron chi connectivity index (χ2n) is 2.89. The second kappa shape index (κ2) is 3.85. The molecule has 0 aliphatic rings. The molecule has 1 aromatic rings. The second-order valence-corrected chi connectivity index (χ2v) is 2.89. The van der Waals surface area contributed by atoms with E-state index in [4.69, 9.17) is 5.21 Å². The molecule has 0 bridgehead atoms. The van der Waals surface area contributed by atoms with Crippen molar-refractivity contribution in [3.63, 3.8) is 0 Å². The molecule has 1 rings (SSSR count). The van der Waals surface area contributed by atoms with Crippen LogP contribution in [0, 0.1) is 0 Å². The molecule has 3 nitrogen and oxygen atoms in total. The molecule has 1 N–H and O–H groups in total. The van der Waals surface area contributed by atoms with E-state index >= 15 is 0 Å². The highest BCUT2D eigenvalue weighted by molar-refractivity contribution is 5.76. The molecule has 0 unspecified atom stereocenters. The lowest BCUT2D eigenvalue weighted by molar-refractivity contribution is 0.321. The molecule has 0 aliphatic carbocycles. The first-order valence-corrected chi connectivity index (χ1v) is 3.88. The van der Waals surface area contributed by atoms with Gasteiger partial charge in [0, 0.05) is 5.69 Å². The Labute approximate surface area is 71.8 Å². The van der Waals surface area contributed by atoms with Crippen LogP contribution in [-0.4, -0.2) is 16.4 Å². The van der Waals surface area contributed by atoms with Crippen molar-refractivity contribution in [3.8, 4) is 0 Å². The molecular weight excluding hydrogens is 152 g/mol. The number of aromatic nitrogens is 1. The fourth-order valence-corrected chi connectivity index (χ4v) is 0.922. The molecule has 1 aromatic heterocycles. The maximum Gasteiger partial charge on any atom is 0.0918 e. The highest BCUT2D eigenvalue weighted by atomic mass is 16.4. The van der Waals surface area contributed by atoms with Crippen molar-refractivity contribution >= 4 is 6.21 Å². The summed E-state index contributed by atoms with van der Waals surface area (Å²) in [5, 5.41) is 11.2. The van der Waals surface area contributed by atoms with Crippen LogP contribution < -0.4 is 0 Å². The van der Waals surface area contributed by atoms with Gasteiger partial charge in [0.25, 0.3) is 0 Å². The highest BCUT2D eigenvalue weighted by Crippen LogP contribution is 2.10. The third kappa shape index (κ3) is 2.05. The molecular formula is C9H12N2O. The monoisotopic (exact) mass is 164 g/mol. The predicted molar refractivity (Wildman–Crippen MR) is 47.7 cm³/mol. The number of nitrogens with zero attached hydrogens (tertiary/aromatic N) is 2. The van der Waals surface area contributed by atoms with Crippen LogP contribution in [0.1, 0.15) is 31.2 Å². The summed E-state index contributed by atoms with van der Waals surface area (Å²) in [6.07, 6.45) is 1.33. The van der Waals surface area contributed by atoms with Crippen LogP contribution in [-0.2, 0) is 0 Å². The van der Waals surface area contributed by atoms with E-state index in [9.17, 15) is 0 Å². The SMILES string of the molecule is CC(C)c1cccc(/C=N/O)n1. The van der Waals surface area contributed by atoms with E-state index < -0.39 is 0 Å². The molecule has 0 amide bonds. The van der Waals surface area contributed by atoms with E-state index in [1.165, 1.54) is 6.21 Å². The molecule has 64 valence electrons. The summed E-state index contributed by atoms with van der Waals surface area (Å²) in [5.74, 6) is 0.400. The summed E-state index contributed by atoms with van der Waals surface area (Å²) in [6, 6.07) is 5.66. The average molecular weight is 164 g/mol. The normalized spacial score (nSPS) is 11.2. The third-order valence-electron chi connectivity index (χ3n) is 1.57. The number of rotatable bonds is 2. The van der Waals surface area contributed by atoms with E-state index in [0.29, 0.717) is 11.6 Å². The summed E-state index contributed by atoms with van der Waals surface area (Å²) in [5.41, 5.74) is 1.69. The van der Waals surface area contributed by atoms with Gasteiger partial charge in [0.05, 0.1) is 11.9 Å². The summed E-state index contributed by atoms with van der Waals surface area (Å²) < 4.78 is 0. The summed E-state index contributed by atoms with van der Waals surface area (Å²) in [4.78, 5) is 4.25. The number of oxime groups is 1. The van der Waals surface area contributed by atoms with Gasteiger partial charge in [-0.2, -0.15) is 0 Å². The molecule has 3 heteroatoms. The first-order valence-electron chi connectivity index (χ1n) is 3.88. The zero-order valence-electron chi connectivity index (χ0n) is 7.23. The predicted octanol–water partition coefficient (Wildman–Crippen LogP) is 2.01. The van der Waals surface area contributed by atoms with Crippen molar-refractivity contribution in [2.75, 3.05) is 0 Å². The van der Waals surface area contributed by atoms with Gasteiger partial charge in [-0.3, -0.25) is 4.98 Å². The zero-order valence-corrected chi connectivity index (χ0v) is 7.23. The van der Waals surface area contributed by atoms with Gasteiger partial charge in [-0.05, 0) is 18.1 Å². The summed E-state index contributed by atoms with van der Waals surface area (Å²) >= 11 is 0. The Morgan fingerprint density at radius 1 is 1.50 bits per heavy atom. The fraction of sp³-hybridized carbons (Fsp3) is 0.333. The van der Waals surface area contributed by atoms with Gasteiger partial charge in [0.15, 0.2) is 0 Å². The van der Waals surface area contributed by atoms with E-state index in [-0.39, 0.29) is 0 Å². The summed E-state index contributed by atoms with van der Waals surface area (Å²) in [7, 11) is 0. The molecule has 0 radical (unpaired) electrons. The Morgan fingerprint density at radius 3 is 2.83 bits per heavy atom. The average Bonchev–Trinajstić information content (AvgIpc) is 2.05. The molecule has 0 aromatic carbocycles. The van der Waals surface area contributed by atoms with Crippen LogP contribution in [0.3, 0.4) is 0 Å². The standard InChI is InChI=1S/C9H12N2O/c1-7(2)9-5-3-4-8(11-9)6-10-12/h3-7,12H,1-2H3/b10-6+. The van der Waals surface area contributed by atoms with Crippen molar-refractivity contribution in [1.29, 1.82) is 0 Å². The molecule has 0 saturated heterocycles. The smallest absolute Gasteiger partial charge is 0.0918 e. The first-order chi connectivity index (χ1) is 5.74. The number of hydrogen-bond donors (Lipinski definition) is 1. The molecule has 12 heavy (non-hydrogen) atoms. The van der Waals surface area contributed by atoms with Crippen LogP contribution in [0.4, 0.5) is 0 Å². The van der Waals surface area contributed by atoms with Crippen LogP contribution in [0.25, 0.3) is 0 Å². The number of pyridine rings is 1. The maximum atomic E-state index is 8.28. The molecule has 0 saturated carbocycles. The van der Waals surface area contributed by atoms with E-state index in [1.807, 2.05) is 12.1 Å². The quantitative estimate of drug-likeness (QED) is 0.413. The largest absolute Gasteiger partial charge is 0.411 e. The Balaban J connectivity index is 2.95. The van der Waals surface area contributed by atoms with Crippen molar-refractivity contribution in [3.05, 3.63) is 29.6 Å². The molecule has 0 aliphatic heterocycles. The van der Waals surface area contributed by atoms with Crippen molar-refractivity contribution < 1.29 is 5.21 Å². The van der Waals surface area contributed by atoms with Crippen LogP contribution in [0.15, 0.2) is 23.4 Å². The van der Waals surface area contributed by atoms with E-state index in [0.717, 1.165) is 5.69 Å². The lowest BCUT2D eigenvalue weighted by Crippen LogP contribution is -1.95. The van der Waals surface area contributed by atoms with Gasteiger partial charge in [-0.15, -0.1) is 0 Å². The summed E-state index contributed by atoms with van der Waals surface area (Å²) in [6.45, 7) is 4.14. The minimum absolute atomic E-state index is 0.400. The lowest BCUT2D eigenvalue weighted by atomic mass is 10.1. The van der Waals surface area contributed by atoms with Crippen LogP contribution in [0.2, 0.25) is 0 Å². The van der Waals surface area contributed by atoms with Gasteiger partial charge in [-0.1, -0.05) is 25.1 Å². The first kappa shape index (κ1) is 8.71. The van der Waals surface area contributed by atoms with E-state index in [2.05, 4.69) is 24.0 Å². The Hall–Kier alpha value is -1.38. The molecule has 0 atom stereocenters. The molecule has 1 heterocycles. The minimum atomic E-state index is 0.400. The highest BCUT2D eigenvalue weighted by Gasteiger charge is 1.99. The zero-order chi connectivity index (χ0) is 8.97. The fourth-order valence-electron chi connectivity index (χ4n) is 0.922. The van der Waals surface area contributed by atoms with Gasteiger partial charge in [0.1, 0.15) is 0 Å². The van der Waals surface area contributed by atoms with Crippen molar-refractivity contribution in [2.45, 2.75) is 19.8 Å². The van der Waals surface area contributed by atoms with Crippen molar-refractivity contribution in [2.24, 2.45) is 5.16 Å². The topological polar surface area (TPSA) is 45.5 Å². The Morgan fingerprint density at radius 2 is 2.25 bits per heavy atom. The van der Waals surface area contributed by atoms with Crippen LogP contribution in [0.5, 0.6) is 0 Å². The minimum Gasteiger partial charge on any atom is -0.411 e. The van der Waals surface area contributed by atoms with E-state index in [1.54, 1.807) is 6.07 Å². The van der Waals surface area contributed by atoms with Gasteiger partial charge >= 0.3 is 0 Å². The van der Waals surface area contributed by atoms with Gasteiger partial charge < -0.3 is 5.21 Å². The molecule has 0 fully saturated rings. The number of hydrogen-bond acceptors (Lipinski definition) is 3. The molecule has 0 spiro atoms. The Bertz CT molecular complexity index is 282. The lowest BCUT2D eigenvalue weighted by Gasteiger charge is -2.03. The maximum absolute atomic E-state index is 8.28. The third-order valence-corrected chi connectivity index (χ3v) is 1.57.